The number of hydrogen-bond acceptors (Lipinski definition) is 9. The molecule has 0 atom stereocenters. The fourth-order valence-electron chi connectivity index (χ4n) is 3.43. The van der Waals surface area contributed by atoms with Gasteiger partial charge in [-0.25, -0.2) is 14.8 Å². The largest absolute Gasteiger partial charge is 0.338 e. The van der Waals surface area contributed by atoms with Crippen LogP contribution >= 0.6 is 0 Å². The fourth-order valence-corrected chi connectivity index (χ4v) is 3.43. The van der Waals surface area contributed by atoms with Crippen molar-refractivity contribution in [3.63, 3.8) is 0 Å². The molecule has 2 amide bonds. The Morgan fingerprint density at radius 1 is 1.06 bits per heavy atom. The van der Waals surface area contributed by atoms with Crippen molar-refractivity contribution in [2.45, 2.75) is 20.3 Å². The van der Waals surface area contributed by atoms with Crippen molar-refractivity contribution >= 4 is 29.3 Å². The number of fused-ring (bicyclic) bond motifs is 1. The molecule has 34 heavy (non-hydrogen) atoms. The van der Waals surface area contributed by atoms with Gasteiger partial charge in [0.25, 0.3) is 0 Å². The lowest BCUT2D eigenvalue weighted by Crippen LogP contribution is -2.30. The zero-order valence-corrected chi connectivity index (χ0v) is 18.7. The zero-order valence-electron chi connectivity index (χ0n) is 18.7. The molecule has 0 radical (unpaired) electrons. The smallest absolute Gasteiger partial charge is 0.321 e. The Hall–Kier alpha value is -4.68. The first-order valence-corrected chi connectivity index (χ1v) is 10.5. The van der Waals surface area contributed by atoms with E-state index in [1.165, 1.54) is 0 Å². The van der Waals surface area contributed by atoms with Crippen molar-refractivity contribution < 1.29 is 13.8 Å². The lowest BCUT2D eigenvalue weighted by molar-refractivity contribution is 0.251. The maximum absolute atomic E-state index is 12.1. The number of amides is 2. The van der Waals surface area contributed by atoms with Crippen LogP contribution in [0, 0.1) is 13.8 Å². The van der Waals surface area contributed by atoms with Crippen LogP contribution in [0.15, 0.2) is 46.0 Å². The monoisotopic (exact) mass is 462 g/mol. The number of rotatable bonds is 7. The molecule has 0 bridgehead atoms. The van der Waals surface area contributed by atoms with Gasteiger partial charge in [-0.3, -0.25) is 14.4 Å². The third-order valence-corrected chi connectivity index (χ3v) is 4.94. The summed E-state index contributed by atoms with van der Waals surface area (Å²) < 4.78 is 13.9. The minimum atomic E-state index is -0.397. The molecule has 0 aliphatic carbocycles. The Morgan fingerprint density at radius 3 is 2.50 bits per heavy atom. The quantitative estimate of drug-likeness (QED) is 0.331. The highest BCUT2D eigenvalue weighted by Crippen LogP contribution is 2.26. The first-order chi connectivity index (χ1) is 16.4. The molecule has 0 aliphatic rings. The SMILES string of the molecule is Cc1cc(NC(=O)NCCc2cn3c(-c4cnn(C)c4)cnc3c(Nc3cc(C)no3)n2)on1. The second-order valence-corrected chi connectivity index (χ2v) is 7.74. The van der Waals surface area contributed by atoms with Crippen LogP contribution in [0.1, 0.15) is 17.1 Å². The normalized spacial score (nSPS) is 11.1. The molecule has 0 aromatic carbocycles. The van der Waals surface area contributed by atoms with Crippen molar-refractivity contribution in [1.29, 1.82) is 0 Å². The van der Waals surface area contributed by atoms with Gasteiger partial charge < -0.3 is 19.7 Å². The van der Waals surface area contributed by atoms with E-state index in [-0.39, 0.29) is 5.88 Å². The fraction of sp³-hybridized carbons (Fsp3) is 0.238. The summed E-state index contributed by atoms with van der Waals surface area (Å²) in [6.07, 6.45) is 7.80. The average molecular weight is 462 g/mol. The molecule has 174 valence electrons. The van der Waals surface area contributed by atoms with Gasteiger partial charge in [-0.2, -0.15) is 5.10 Å². The maximum atomic E-state index is 12.1. The second kappa shape index (κ2) is 8.69. The van der Waals surface area contributed by atoms with Crippen LogP contribution < -0.4 is 16.0 Å². The Labute approximate surface area is 193 Å². The van der Waals surface area contributed by atoms with Gasteiger partial charge in [0, 0.05) is 50.1 Å². The molecular weight excluding hydrogens is 440 g/mol. The van der Waals surface area contributed by atoms with Crippen LogP contribution in [0.4, 0.5) is 22.4 Å². The van der Waals surface area contributed by atoms with Crippen LogP contribution in [0.5, 0.6) is 0 Å². The molecule has 3 N–H and O–H groups in total. The van der Waals surface area contributed by atoms with Gasteiger partial charge in [0.1, 0.15) is 0 Å². The van der Waals surface area contributed by atoms with E-state index in [4.69, 9.17) is 14.0 Å². The summed E-state index contributed by atoms with van der Waals surface area (Å²) in [5.41, 5.74) is 4.53. The number of aryl methyl sites for hydroxylation is 3. The third kappa shape index (κ3) is 4.44. The summed E-state index contributed by atoms with van der Waals surface area (Å²) in [6, 6.07) is 3.01. The van der Waals surface area contributed by atoms with Gasteiger partial charge in [0.05, 0.1) is 35.2 Å². The van der Waals surface area contributed by atoms with Gasteiger partial charge in [-0.1, -0.05) is 10.3 Å². The topological polar surface area (TPSA) is 153 Å². The standard InChI is InChI=1S/C21H22N10O3/c1-12-6-17(33-28-12)26-19-20-23-9-16(14-8-24-30(3)10-14)31(20)11-15(25-19)4-5-22-21(32)27-18-7-13(2)29-34-18/h6-11H,4-5H2,1-3H3,(H,25,26)(H2,22,27,32). The number of imidazole rings is 1. The minimum Gasteiger partial charge on any atom is -0.338 e. The summed E-state index contributed by atoms with van der Waals surface area (Å²) in [7, 11) is 1.86. The van der Waals surface area contributed by atoms with Gasteiger partial charge in [0.15, 0.2) is 11.5 Å². The number of hydrogen-bond donors (Lipinski definition) is 3. The Bertz CT molecular complexity index is 1460. The Balaban J connectivity index is 1.39. The van der Waals surface area contributed by atoms with E-state index < -0.39 is 6.03 Å². The highest BCUT2D eigenvalue weighted by atomic mass is 16.5. The summed E-state index contributed by atoms with van der Waals surface area (Å²) in [5, 5.41) is 20.4. The first kappa shape index (κ1) is 21.2. The Kier molecular flexibility index (Phi) is 5.41. The highest BCUT2D eigenvalue weighted by Gasteiger charge is 2.16. The van der Waals surface area contributed by atoms with E-state index in [0.29, 0.717) is 36.0 Å². The number of urea groups is 1. The number of nitrogens with zero attached hydrogens (tertiary/aromatic N) is 7. The molecule has 5 aromatic rings. The van der Waals surface area contributed by atoms with E-state index in [1.807, 2.05) is 30.8 Å². The van der Waals surface area contributed by atoms with Gasteiger partial charge in [-0.15, -0.1) is 0 Å². The van der Waals surface area contributed by atoms with E-state index >= 15 is 0 Å². The number of carbonyl (C=O) groups is 1. The van der Waals surface area contributed by atoms with Crippen LogP contribution in [-0.4, -0.2) is 47.0 Å². The lowest BCUT2D eigenvalue weighted by atomic mass is 10.2. The zero-order chi connectivity index (χ0) is 23.7. The first-order valence-electron chi connectivity index (χ1n) is 10.5. The van der Waals surface area contributed by atoms with Crippen LogP contribution in [0.2, 0.25) is 0 Å². The summed E-state index contributed by atoms with van der Waals surface area (Å²) in [5.74, 6) is 1.24. The van der Waals surface area contributed by atoms with Crippen molar-refractivity contribution in [3.05, 3.63) is 54.0 Å². The number of anilines is 3. The molecule has 5 rings (SSSR count). The van der Waals surface area contributed by atoms with Gasteiger partial charge in [-0.05, 0) is 13.8 Å². The van der Waals surface area contributed by atoms with E-state index in [2.05, 4.69) is 36.3 Å². The molecule has 5 heterocycles. The van der Waals surface area contributed by atoms with Crippen molar-refractivity contribution in [1.82, 2.24) is 39.8 Å². The minimum absolute atomic E-state index is 0.280. The van der Waals surface area contributed by atoms with Crippen LogP contribution in [-0.2, 0) is 13.5 Å². The molecule has 0 aliphatic heterocycles. The number of carbonyl (C=O) groups excluding carboxylic acids is 1. The third-order valence-electron chi connectivity index (χ3n) is 4.94. The molecule has 5 aromatic heterocycles. The second-order valence-electron chi connectivity index (χ2n) is 7.74. The van der Waals surface area contributed by atoms with Crippen LogP contribution in [0.3, 0.4) is 0 Å². The molecule has 0 spiro atoms. The van der Waals surface area contributed by atoms with Crippen molar-refractivity contribution in [2.24, 2.45) is 7.05 Å². The number of aromatic nitrogens is 7. The number of nitrogens with one attached hydrogen (secondary N) is 3. The predicted octanol–water partition coefficient (Wildman–Crippen LogP) is 2.83. The van der Waals surface area contributed by atoms with Gasteiger partial charge >= 0.3 is 6.03 Å². The molecule has 13 heteroatoms. The molecule has 13 nitrogen and oxygen atoms in total. The lowest BCUT2D eigenvalue weighted by Gasteiger charge is -2.10. The molecule has 0 unspecified atom stereocenters. The van der Waals surface area contributed by atoms with Crippen molar-refractivity contribution in [2.75, 3.05) is 17.2 Å². The van der Waals surface area contributed by atoms with E-state index in [1.54, 1.807) is 36.1 Å². The molecule has 0 saturated heterocycles. The van der Waals surface area contributed by atoms with Gasteiger partial charge in [0.2, 0.25) is 11.8 Å². The predicted molar refractivity (Wildman–Crippen MR) is 122 cm³/mol. The van der Waals surface area contributed by atoms with E-state index in [0.717, 1.165) is 22.6 Å². The maximum Gasteiger partial charge on any atom is 0.321 e. The summed E-state index contributed by atoms with van der Waals surface area (Å²) in [6.45, 7) is 3.95. The summed E-state index contributed by atoms with van der Waals surface area (Å²) >= 11 is 0. The summed E-state index contributed by atoms with van der Waals surface area (Å²) in [4.78, 5) is 21.4. The van der Waals surface area contributed by atoms with Crippen molar-refractivity contribution in [3.8, 4) is 11.3 Å². The molecular formula is C21H22N10O3. The molecule has 0 saturated carbocycles. The highest BCUT2D eigenvalue weighted by molar-refractivity contribution is 5.87. The van der Waals surface area contributed by atoms with E-state index in [9.17, 15) is 4.79 Å². The Morgan fingerprint density at radius 2 is 1.82 bits per heavy atom. The average Bonchev–Trinajstić information content (AvgIpc) is 3.57. The van der Waals surface area contributed by atoms with Crippen LogP contribution in [0.25, 0.3) is 16.9 Å². The molecule has 0 fully saturated rings.